The molecule has 0 aliphatic heterocycles. The van der Waals surface area contributed by atoms with Crippen LogP contribution < -0.4 is 0 Å². The van der Waals surface area contributed by atoms with E-state index in [1.165, 1.54) is 0 Å². The van der Waals surface area contributed by atoms with Crippen molar-refractivity contribution in [3.63, 3.8) is 0 Å². The van der Waals surface area contributed by atoms with E-state index in [9.17, 15) is 0 Å². The monoisotopic (exact) mass is 1250 g/mol. The third-order valence-corrected chi connectivity index (χ3v) is 2.28. The second kappa shape index (κ2) is 42.6. The first-order valence-electron chi connectivity index (χ1n) is 8.40. The fraction of sp³-hybridized carbons (Fsp3) is 0.667. The molecule has 33 heavy (non-hydrogen) atoms. The zero-order chi connectivity index (χ0) is 24.2. The Balaban J connectivity index is -0.0000000531. The average molecular weight is 1250 g/mol. The van der Waals surface area contributed by atoms with Crippen molar-refractivity contribution in [1.82, 2.24) is 0 Å². The van der Waals surface area contributed by atoms with Crippen LogP contribution in [0.25, 0.3) is 0 Å². The van der Waals surface area contributed by atoms with Crippen LogP contribution >= 0.6 is 0 Å². The number of rotatable bonds is 14. The standard InChI is InChI=1S/2C5H10O3.2C4H9O3.3Rf/c2*1-7-3-5(6)4-8-2;2*1-7-3-4(6)2-5;;;/h2*5-6H,1-4H2;2*4-6H,1-3H2;;;/q2*-2;2*-1;;;. The molecule has 2 atom stereocenters. The van der Waals surface area contributed by atoms with E-state index in [0.29, 0.717) is 0 Å². The molecule has 0 radical (unpaired) electrons. The van der Waals surface area contributed by atoms with Gasteiger partial charge < -0.3 is 59.1 Å². The van der Waals surface area contributed by atoms with Crippen molar-refractivity contribution in [3.05, 3.63) is 42.7 Å². The van der Waals surface area contributed by atoms with E-state index in [2.05, 4.69) is 71.1 Å². The first kappa shape index (κ1) is 47.3. The fourth-order valence-corrected chi connectivity index (χ4v) is 1.02. The average Bonchev–Trinajstić information content (AvgIpc) is 2.70. The van der Waals surface area contributed by atoms with E-state index in [1.54, 1.807) is 0 Å². The molecule has 0 amide bonds. The Labute approximate surface area is 179 Å². The van der Waals surface area contributed by atoms with Crippen LogP contribution in [0.15, 0.2) is 0 Å². The van der Waals surface area contributed by atoms with Crippen molar-refractivity contribution in [2.24, 2.45) is 0 Å². The van der Waals surface area contributed by atoms with E-state index in [1.807, 2.05) is 0 Å². The summed E-state index contributed by atoms with van der Waals surface area (Å²) in [7, 11) is 18.3. The number of hydrogen-bond acceptors (Lipinski definition) is 12. The zero-order valence-corrected chi connectivity index (χ0v) is 38.7. The van der Waals surface area contributed by atoms with Crippen molar-refractivity contribution >= 4 is 0 Å². The topological polar surface area (TPSA) is 177 Å². The molecule has 0 aromatic heterocycles. The van der Waals surface area contributed by atoms with E-state index < -0.39 is 24.4 Å². The van der Waals surface area contributed by atoms with E-state index >= 15 is 0 Å². The van der Waals surface area contributed by atoms with Gasteiger partial charge in [-0.05, 0) is 0 Å². The summed E-state index contributed by atoms with van der Waals surface area (Å²) in [5.41, 5.74) is 0. The molecule has 0 aliphatic rings. The molecule has 0 rings (SSSR count). The molecule has 0 aromatic carbocycles. The summed E-state index contributed by atoms with van der Waals surface area (Å²) in [6.07, 6.45) is -2.77. The normalized spacial score (nSPS) is 11.1. The van der Waals surface area contributed by atoms with Gasteiger partial charge in [0.05, 0.1) is 37.6 Å². The Hall–Kier alpha value is -3.48. The summed E-state index contributed by atoms with van der Waals surface area (Å²) in [5, 5.41) is 50.5. The molecule has 12 nitrogen and oxygen atoms in total. The van der Waals surface area contributed by atoms with Crippen molar-refractivity contribution in [2.75, 3.05) is 52.9 Å². The van der Waals surface area contributed by atoms with Gasteiger partial charge in [0, 0.05) is 39.6 Å². The fourth-order valence-electron chi connectivity index (χ4n) is 1.02. The maximum atomic E-state index is 8.72. The third-order valence-electron chi connectivity index (χ3n) is 2.28. The van der Waals surface area contributed by atoms with E-state index in [-0.39, 0.29) is 52.9 Å². The maximum absolute atomic E-state index is 8.72. The van der Waals surface area contributed by atoms with Gasteiger partial charge in [0.25, 0.3) is 0 Å². The van der Waals surface area contributed by atoms with Crippen LogP contribution in [0.1, 0.15) is 0 Å². The smallest absolute Gasteiger partial charge is 0.0973 e. The van der Waals surface area contributed by atoms with Crippen LogP contribution in [0.2, 0.25) is 0 Å². The largest absolute Gasteiger partial charge is 0.553 e. The Kier molecular flexibility index (Phi) is 61.1. The predicted molar refractivity (Wildman–Crippen MR) is 106 cm³/mol. The Morgan fingerprint density at radius 3 is 0.636 bits per heavy atom. The van der Waals surface area contributed by atoms with Crippen LogP contribution in [0.4, 0.5) is 0 Å². The molecule has 2 unspecified atom stereocenters. The van der Waals surface area contributed by atoms with Crippen molar-refractivity contribution in [2.45, 2.75) is 24.4 Å². The minimum absolute atomic E-state index is 0. The van der Waals surface area contributed by atoms with E-state index in [4.69, 9.17) is 30.6 Å². The van der Waals surface area contributed by atoms with Gasteiger partial charge in [-0.1, -0.05) is 0 Å². The summed E-state index contributed by atoms with van der Waals surface area (Å²) in [5.74, 6) is 0. The SMILES string of the molecule is [CH2-]OCC(O)CO.[CH2-]OCC(O)CO.[CH2-]OCC(O)CO[CH2-].[CH2-]OCC(O)CO[CH2-].[Rf].[Rf].[Rf]. The molecule has 0 bridgehead atoms. The molecule has 0 aliphatic carbocycles. The van der Waals surface area contributed by atoms with Crippen LogP contribution in [0, 0.1) is 42.7 Å². The Morgan fingerprint density at radius 1 is 0.394 bits per heavy atom. The van der Waals surface area contributed by atoms with Crippen LogP contribution in [0.3, 0.4) is 0 Å². The summed E-state index contributed by atoms with van der Waals surface area (Å²) in [4.78, 5) is 0. The summed E-state index contributed by atoms with van der Waals surface area (Å²) in [6.45, 7) is 0.411. The summed E-state index contributed by atoms with van der Waals surface area (Å²) < 4.78 is 25.9. The molecule has 0 aromatic rings. The van der Waals surface area contributed by atoms with Gasteiger partial charge in [0.2, 0.25) is 0 Å². The number of aliphatic hydroxyl groups is 6. The third kappa shape index (κ3) is 58.5. The maximum Gasteiger partial charge on any atom is 0.0973 e. The number of aliphatic hydroxyl groups excluding tert-OH is 6. The molecular formula is C18H38O12Rf3-6. The van der Waals surface area contributed by atoms with Crippen molar-refractivity contribution < 1.29 is 59.1 Å². The predicted octanol–water partition coefficient (Wildman–Crippen LogP) is -1.78. The number of ether oxygens (including phenoxy) is 6. The Morgan fingerprint density at radius 2 is 0.545 bits per heavy atom. The van der Waals surface area contributed by atoms with Gasteiger partial charge in [-0.3, -0.25) is 0 Å². The first-order valence-corrected chi connectivity index (χ1v) is 8.40. The van der Waals surface area contributed by atoms with Gasteiger partial charge in [-0.25, -0.2) is 42.7 Å². The van der Waals surface area contributed by atoms with Gasteiger partial charge in [-0.2, -0.15) is 0 Å². The van der Waals surface area contributed by atoms with Gasteiger partial charge in [0.1, 0.15) is 0 Å². The second-order valence-corrected chi connectivity index (χ2v) is 5.21. The van der Waals surface area contributed by atoms with Crippen molar-refractivity contribution in [3.8, 4) is 0 Å². The van der Waals surface area contributed by atoms with Gasteiger partial charge in [-0.15, -0.1) is 0 Å². The second-order valence-electron chi connectivity index (χ2n) is 5.21. The molecular weight excluding hydrogens is 1210 g/mol. The summed E-state index contributed by atoms with van der Waals surface area (Å²) in [6, 6.07) is 0. The molecule has 0 saturated carbocycles. The molecule has 15 heteroatoms. The zero-order valence-electron chi connectivity index (χ0n) is 19.5. The van der Waals surface area contributed by atoms with Crippen LogP contribution in [-0.4, -0.2) is 108 Å². The minimum atomic E-state index is -0.780. The van der Waals surface area contributed by atoms with Gasteiger partial charge in [0.15, 0.2) is 0 Å². The molecule has 0 spiro atoms. The molecule has 0 heterocycles. The van der Waals surface area contributed by atoms with E-state index in [0.717, 1.165) is 0 Å². The van der Waals surface area contributed by atoms with Crippen molar-refractivity contribution in [1.29, 1.82) is 0 Å². The first-order chi connectivity index (χ1) is 14.2. The van der Waals surface area contributed by atoms with Crippen LogP contribution in [0.5, 0.6) is 0 Å². The quantitative estimate of drug-likeness (QED) is 0.108. The number of hydrogen-bond donors (Lipinski definition) is 6. The summed E-state index contributed by atoms with van der Waals surface area (Å²) >= 11 is 0. The molecule has 0 saturated heterocycles. The van der Waals surface area contributed by atoms with Gasteiger partial charge >= 0.3 is 0 Å². The van der Waals surface area contributed by atoms with Crippen LogP contribution in [-0.2, 0) is 28.4 Å². The molecule has 0 fully saturated rings. The molecule has 194 valence electrons. The molecule has 6 N–H and O–H groups in total. The Bertz CT molecular complexity index is 250. The minimum Gasteiger partial charge on any atom is -0.553 e.